The highest BCUT2D eigenvalue weighted by Crippen LogP contribution is 2.22. The summed E-state index contributed by atoms with van der Waals surface area (Å²) in [4.78, 5) is 10.5. The standard InChI is InChI=1S/C9H11ClN2O4S/c10-7-2-1-6(9(13)14)5-8(7)17(15,16)12-4-3-11/h1-2,5,12H,3-4,11H2,(H,13,14). The van der Waals surface area contributed by atoms with Gasteiger partial charge in [0, 0.05) is 13.1 Å². The molecule has 0 saturated carbocycles. The first-order chi connectivity index (χ1) is 7.88. The van der Waals surface area contributed by atoms with Crippen molar-refractivity contribution in [1.29, 1.82) is 0 Å². The number of carbonyl (C=O) groups is 1. The molecule has 4 N–H and O–H groups in total. The van der Waals surface area contributed by atoms with Crippen molar-refractivity contribution < 1.29 is 18.3 Å². The molecule has 0 aliphatic carbocycles. The Kier molecular flexibility index (Phi) is 4.47. The lowest BCUT2D eigenvalue weighted by Gasteiger charge is -2.08. The van der Waals surface area contributed by atoms with Crippen LogP contribution >= 0.6 is 11.6 Å². The summed E-state index contributed by atoms with van der Waals surface area (Å²) in [6.45, 7) is 0.186. The summed E-state index contributed by atoms with van der Waals surface area (Å²) >= 11 is 5.72. The van der Waals surface area contributed by atoms with Crippen LogP contribution in [-0.2, 0) is 10.0 Å². The zero-order chi connectivity index (χ0) is 13.1. The van der Waals surface area contributed by atoms with E-state index in [4.69, 9.17) is 22.4 Å². The zero-order valence-corrected chi connectivity index (χ0v) is 10.3. The molecule has 0 aliphatic rings. The van der Waals surface area contributed by atoms with Crippen LogP contribution in [0.25, 0.3) is 0 Å². The van der Waals surface area contributed by atoms with Crippen LogP contribution in [0.3, 0.4) is 0 Å². The number of hydrogen-bond acceptors (Lipinski definition) is 4. The first-order valence-corrected chi connectivity index (χ1v) is 6.47. The minimum atomic E-state index is -3.83. The van der Waals surface area contributed by atoms with Crippen molar-refractivity contribution in [3.8, 4) is 0 Å². The predicted octanol–water partition coefficient (Wildman–Crippen LogP) is 0.275. The van der Waals surface area contributed by atoms with E-state index in [1.165, 1.54) is 12.1 Å². The molecule has 1 aromatic rings. The molecule has 0 unspecified atom stereocenters. The molecule has 94 valence electrons. The van der Waals surface area contributed by atoms with Gasteiger partial charge in [-0.2, -0.15) is 0 Å². The summed E-state index contributed by atoms with van der Waals surface area (Å²) < 4.78 is 25.7. The maximum atomic E-state index is 11.7. The summed E-state index contributed by atoms with van der Waals surface area (Å²) in [6, 6.07) is 3.46. The molecular weight excluding hydrogens is 268 g/mol. The minimum absolute atomic E-state index is 0.0421. The van der Waals surface area contributed by atoms with Crippen molar-refractivity contribution >= 4 is 27.6 Å². The molecule has 0 aliphatic heterocycles. The monoisotopic (exact) mass is 278 g/mol. The van der Waals surface area contributed by atoms with Crippen LogP contribution in [0.15, 0.2) is 23.1 Å². The van der Waals surface area contributed by atoms with Gasteiger partial charge in [-0.1, -0.05) is 11.6 Å². The van der Waals surface area contributed by atoms with Gasteiger partial charge in [-0.25, -0.2) is 17.9 Å². The molecule has 8 heteroatoms. The Morgan fingerprint density at radius 1 is 1.47 bits per heavy atom. The van der Waals surface area contributed by atoms with E-state index in [1.54, 1.807) is 0 Å². The normalized spacial score (nSPS) is 11.4. The first-order valence-electron chi connectivity index (χ1n) is 4.61. The van der Waals surface area contributed by atoms with Gasteiger partial charge >= 0.3 is 5.97 Å². The highest BCUT2D eigenvalue weighted by atomic mass is 35.5. The summed E-state index contributed by atoms with van der Waals surface area (Å²) in [5, 5.41) is 8.72. The van der Waals surface area contributed by atoms with Crippen molar-refractivity contribution in [2.45, 2.75) is 4.90 Å². The molecule has 6 nitrogen and oxygen atoms in total. The quantitative estimate of drug-likeness (QED) is 0.716. The number of aromatic carboxylic acids is 1. The fourth-order valence-electron chi connectivity index (χ4n) is 1.11. The molecular formula is C9H11ClN2O4S. The van der Waals surface area contributed by atoms with E-state index >= 15 is 0 Å². The van der Waals surface area contributed by atoms with Crippen molar-refractivity contribution in [3.63, 3.8) is 0 Å². The van der Waals surface area contributed by atoms with Crippen LogP contribution < -0.4 is 10.5 Å². The molecule has 0 radical (unpaired) electrons. The fourth-order valence-corrected chi connectivity index (χ4v) is 2.68. The Bertz CT molecular complexity index is 530. The van der Waals surface area contributed by atoms with Crippen molar-refractivity contribution in [2.24, 2.45) is 5.73 Å². The Hall–Kier alpha value is -1.15. The SMILES string of the molecule is NCCNS(=O)(=O)c1cc(C(=O)O)ccc1Cl. The molecule has 0 fully saturated rings. The molecule has 17 heavy (non-hydrogen) atoms. The molecule has 0 atom stereocenters. The van der Waals surface area contributed by atoms with Gasteiger partial charge in [0.15, 0.2) is 0 Å². The number of nitrogens with one attached hydrogen (secondary N) is 1. The topological polar surface area (TPSA) is 109 Å². The molecule has 1 rings (SSSR count). The molecule has 0 amide bonds. The van der Waals surface area contributed by atoms with E-state index in [0.717, 1.165) is 6.07 Å². The number of nitrogens with two attached hydrogens (primary N) is 1. The molecule has 0 bridgehead atoms. The number of halogens is 1. The number of sulfonamides is 1. The maximum Gasteiger partial charge on any atom is 0.335 e. The number of carboxylic acids is 1. The van der Waals surface area contributed by atoms with Gasteiger partial charge in [-0.15, -0.1) is 0 Å². The molecule has 0 aromatic heterocycles. The lowest BCUT2D eigenvalue weighted by molar-refractivity contribution is 0.0696. The third kappa shape index (κ3) is 3.40. The van der Waals surface area contributed by atoms with Crippen molar-refractivity contribution in [2.75, 3.05) is 13.1 Å². The second-order valence-electron chi connectivity index (χ2n) is 3.14. The Morgan fingerprint density at radius 2 is 2.12 bits per heavy atom. The molecule has 1 aromatic carbocycles. The second kappa shape index (κ2) is 5.46. The molecule has 0 heterocycles. The lowest BCUT2D eigenvalue weighted by Crippen LogP contribution is -2.29. The number of carboxylic acid groups (broad SMARTS) is 1. The van der Waals surface area contributed by atoms with Gasteiger partial charge in [0.25, 0.3) is 0 Å². The van der Waals surface area contributed by atoms with E-state index in [1.807, 2.05) is 0 Å². The van der Waals surface area contributed by atoms with E-state index in [0.29, 0.717) is 0 Å². The summed E-state index contributed by atoms with van der Waals surface area (Å²) in [5.41, 5.74) is 5.03. The van der Waals surface area contributed by atoms with Crippen LogP contribution in [0.5, 0.6) is 0 Å². The Labute approximate surface area is 103 Å². The first kappa shape index (κ1) is 13.9. The van der Waals surface area contributed by atoms with E-state index in [2.05, 4.69) is 4.72 Å². The second-order valence-corrected chi connectivity index (χ2v) is 5.28. The van der Waals surface area contributed by atoms with E-state index in [9.17, 15) is 13.2 Å². The van der Waals surface area contributed by atoms with Crippen molar-refractivity contribution in [3.05, 3.63) is 28.8 Å². The Balaban J connectivity index is 3.20. The number of benzene rings is 1. The smallest absolute Gasteiger partial charge is 0.335 e. The highest BCUT2D eigenvalue weighted by molar-refractivity contribution is 7.89. The van der Waals surface area contributed by atoms with Gasteiger partial charge in [-0.05, 0) is 18.2 Å². The lowest BCUT2D eigenvalue weighted by atomic mass is 10.2. The molecule has 0 spiro atoms. The van der Waals surface area contributed by atoms with E-state index in [-0.39, 0.29) is 28.6 Å². The summed E-state index contributed by atoms with van der Waals surface area (Å²) in [6.07, 6.45) is 0. The van der Waals surface area contributed by atoms with Crippen LogP contribution in [0, 0.1) is 0 Å². The van der Waals surface area contributed by atoms with Crippen LogP contribution in [0.2, 0.25) is 5.02 Å². The van der Waals surface area contributed by atoms with Crippen molar-refractivity contribution in [1.82, 2.24) is 4.72 Å². The van der Waals surface area contributed by atoms with Gasteiger partial charge in [0.05, 0.1) is 10.6 Å². The van der Waals surface area contributed by atoms with Gasteiger partial charge in [0.2, 0.25) is 10.0 Å². The summed E-state index contributed by atoms with van der Waals surface area (Å²) in [5.74, 6) is -1.23. The van der Waals surface area contributed by atoms with Crippen LogP contribution in [-0.4, -0.2) is 32.6 Å². The minimum Gasteiger partial charge on any atom is -0.478 e. The van der Waals surface area contributed by atoms with Gasteiger partial charge in [-0.3, -0.25) is 0 Å². The third-order valence-electron chi connectivity index (χ3n) is 1.90. The fraction of sp³-hybridized carbons (Fsp3) is 0.222. The van der Waals surface area contributed by atoms with Crippen LogP contribution in [0.4, 0.5) is 0 Å². The average molecular weight is 279 g/mol. The maximum absolute atomic E-state index is 11.7. The van der Waals surface area contributed by atoms with Gasteiger partial charge in [0.1, 0.15) is 4.90 Å². The van der Waals surface area contributed by atoms with E-state index < -0.39 is 16.0 Å². The predicted molar refractivity (Wildman–Crippen MR) is 62.7 cm³/mol. The number of hydrogen-bond donors (Lipinski definition) is 3. The Morgan fingerprint density at radius 3 is 2.65 bits per heavy atom. The zero-order valence-electron chi connectivity index (χ0n) is 8.68. The average Bonchev–Trinajstić information content (AvgIpc) is 2.26. The largest absolute Gasteiger partial charge is 0.478 e. The third-order valence-corrected chi connectivity index (χ3v) is 3.85. The highest BCUT2D eigenvalue weighted by Gasteiger charge is 2.19. The summed E-state index contributed by atoms with van der Waals surface area (Å²) in [7, 11) is -3.83. The molecule has 0 saturated heterocycles. The number of rotatable bonds is 5. The van der Waals surface area contributed by atoms with Crippen LogP contribution in [0.1, 0.15) is 10.4 Å². The van der Waals surface area contributed by atoms with Gasteiger partial charge < -0.3 is 10.8 Å².